The summed E-state index contributed by atoms with van der Waals surface area (Å²) >= 11 is 5.95. The lowest BCUT2D eigenvalue weighted by atomic mass is 10.1. The Hall–Kier alpha value is -2.19. The van der Waals surface area contributed by atoms with Crippen LogP contribution in [0.1, 0.15) is 23.2 Å². The van der Waals surface area contributed by atoms with Crippen LogP contribution in [-0.2, 0) is 10.0 Å². The fourth-order valence-corrected chi connectivity index (χ4v) is 4.08. The first-order valence-corrected chi connectivity index (χ1v) is 9.71. The van der Waals surface area contributed by atoms with E-state index in [1.807, 2.05) is 0 Å². The van der Waals surface area contributed by atoms with Gasteiger partial charge in [0.15, 0.2) is 0 Å². The average Bonchev–Trinajstić information content (AvgIpc) is 3.09. The van der Waals surface area contributed by atoms with Crippen LogP contribution in [0.2, 0.25) is 5.02 Å². The van der Waals surface area contributed by atoms with Gasteiger partial charge in [0.05, 0.1) is 11.3 Å². The molecule has 1 fully saturated rings. The summed E-state index contributed by atoms with van der Waals surface area (Å²) < 4.78 is 54.1. The Bertz CT molecular complexity index is 960. The third-order valence-corrected chi connectivity index (χ3v) is 5.67. The van der Waals surface area contributed by atoms with E-state index in [4.69, 9.17) is 11.6 Å². The normalized spacial score (nSPS) is 14.5. The molecule has 0 spiro atoms. The number of nitrogens with zero attached hydrogens (tertiary/aromatic N) is 1. The van der Waals surface area contributed by atoms with Crippen molar-refractivity contribution in [3.8, 4) is 0 Å². The van der Waals surface area contributed by atoms with E-state index >= 15 is 0 Å². The van der Waals surface area contributed by atoms with Crippen LogP contribution in [-0.4, -0.2) is 32.3 Å². The number of anilines is 1. The topological polar surface area (TPSA) is 66.5 Å². The van der Waals surface area contributed by atoms with E-state index in [0.29, 0.717) is 19.2 Å². The van der Waals surface area contributed by atoms with Crippen molar-refractivity contribution < 1.29 is 22.0 Å². The lowest BCUT2D eigenvalue weighted by Crippen LogP contribution is -2.29. The first-order chi connectivity index (χ1) is 12.3. The highest BCUT2D eigenvalue weighted by Crippen LogP contribution is 2.27. The van der Waals surface area contributed by atoms with E-state index < -0.39 is 26.6 Å². The molecule has 1 aliphatic heterocycles. The molecule has 0 aromatic heterocycles. The third-order valence-electron chi connectivity index (χ3n) is 4.03. The van der Waals surface area contributed by atoms with Crippen LogP contribution in [0.5, 0.6) is 0 Å². The van der Waals surface area contributed by atoms with Crippen LogP contribution in [0.3, 0.4) is 0 Å². The minimum Gasteiger partial charge on any atom is -0.339 e. The van der Waals surface area contributed by atoms with Gasteiger partial charge in [-0.2, -0.15) is 0 Å². The van der Waals surface area contributed by atoms with Gasteiger partial charge < -0.3 is 4.90 Å². The Balaban J connectivity index is 1.97. The van der Waals surface area contributed by atoms with Gasteiger partial charge in [-0.25, -0.2) is 17.2 Å². The van der Waals surface area contributed by atoms with Gasteiger partial charge in [-0.05, 0) is 43.2 Å². The van der Waals surface area contributed by atoms with Crippen LogP contribution < -0.4 is 4.72 Å². The standard InChI is InChI=1S/C17H15ClF2N2O3S/c18-11-3-5-15(13(9-11)17(23)22-7-1-2-8-22)21-26(24,25)16-6-4-12(19)10-14(16)20/h3-6,9-10,21H,1-2,7-8H2. The highest BCUT2D eigenvalue weighted by Gasteiger charge is 2.26. The largest absolute Gasteiger partial charge is 0.339 e. The molecule has 2 aromatic carbocycles. The molecule has 138 valence electrons. The van der Waals surface area contributed by atoms with E-state index in [-0.39, 0.29) is 22.2 Å². The van der Waals surface area contributed by atoms with Gasteiger partial charge in [-0.3, -0.25) is 9.52 Å². The molecule has 0 aliphatic carbocycles. The number of hydrogen-bond donors (Lipinski definition) is 1. The van der Waals surface area contributed by atoms with Gasteiger partial charge >= 0.3 is 0 Å². The summed E-state index contributed by atoms with van der Waals surface area (Å²) in [7, 11) is -4.36. The second-order valence-corrected chi connectivity index (χ2v) is 7.96. The molecule has 3 rings (SSSR count). The maximum atomic E-state index is 13.9. The van der Waals surface area contributed by atoms with E-state index in [2.05, 4.69) is 4.72 Å². The third kappa shape index (κ3) is 3.81. The summed E-state index contributed by atoms with van der Waals surface area (Å²) in [4.78, 5) is 13.5. The SMILES string of the molecule is O=C(c1cc(Cl)ccc1NS(=O)(=O)c1ccc(F)cc1F)N1CCCC1. The van der Waals surface area contributed by atoms with Crippen molar-refractivity contribution in [2.24, 2.45) is 0 Å². The molecule has 26 heavy (non-hydrogen) atoms. The zero-order chi connectivity index (χ0) is 18.9. The molecule has 1 saturated heterocycles. The predicted molar refractivity (Wildman–Crippen MR) is 93.8 cm³/mol. The molecule has 0 bridgehead atoms. The minimum atomic E-state index is -4.36. The van der Waals surface area contributed by atoms with Gasteiger partial charge in [0, 0.05) is 24.2 Å². The maximum Gasteiger partial charge on any atom is 0.264 e. The molecule has 0 atom stereocenters. The van der Waals surface area contributed by atoms with Crippen LogP contribution >= 0.6 is 11.6 Å². The number of sulfonamides is 1. The number of likely N-dealkylation sites (tertiary alicyclic amines) is 1. The highest BCUT2D eigenvalue weighted by molar-refractivity contribution is 7.92. The number of hydrogen-bond acceptors (Lipinski definition) is 3. The van der Waals surface area contributed by atoms with E-state index in [0.717, 1.165) is 25.0 Å². The lowest BCUT2D eigenvalue weighted by Gasteiger charge is -2.18. The molecular weight excluding hydrogens is 386 g/mol. The number of halogens is 3. The molecule has 1 aliphatic rings. The Morgan fingerprint density at radius 3 is 2.42 bits per heavy atom. The van der Waals surface area contributed by atoms with Crippen molar-refractivity contribution in [3.63, 3.8) is 0 Å². The summed E-state index contributed by atoms with van der Waals surface area (Å²) in [6.07, 6.45) is 1.74. The van der Waals surface area contributed by atoms with Crippen LogP contribution in [0.25, 0.3) is 0 Å². The van der Waals surface area contributed by atoms with Crippen molar-refractivity contribution in [2.75, 3.05) is 17.8 Å². The zero-order valence-electron chi connectivity index (χ0n) is 13.5. The van der Waals surface area contributed by atoms with Gasteiger partial charge in [0.25, 0.3) is 15.9 Å². The highest BCUT2D eigenvalue weighted by atomic mass is 35.5. The zero-order valence-corrected chi connectivity index (χ0v) is 15.1. The van der Waals surface area contributed by atoms with Gasteiger partial charge in [0.2, 0.25) is 0 Å². The summed E-state index contributed by atoms with van der Waals surface area (Å²) in [6, 6.07) is 6.26. The fourth-order valence-electron chi connectivity index (χ4n) is 2.77. The molecular formula is C17H15ClF2N2O3S. The summed E-state index contributed by atoms with van der Waals surface area (Å²) in [5, 5.41) is 0.267. The molecule has 1 N–H and O–H groups in total. The number of rotatable bonds is 4. The van der Waals surface area contributed by atoms with Crippen LogP contribution in [0, 0.1) is 11.6 Å². The lowest BCUT2D eigenvalue weighted by molar-refractivity contribution is 0.0794. The smallest absolute Gasteiger partial charge is 0.264 e. The molecule has 0 radical (unpaired) electrons. The second-order valence-electron chi connectivity index (χ2n) is 5.87. The number of carbonyl (C=O) groups excluding carboxylic acids is 1. The molecule has 0 unspecified atom stereocenters. The molecule has 5 nitrogen and oxygen atoms in total. The number of carbonyl (C=O) groups is 1. The summed E-state index contributed by atoms with van der Waals surface area (Å²) in [6.45, 7) is 1.15. The maximum absolute atomic E-state index is 13.9. The molecule has 9 heteroatoms. The van der Waals surface area contributed by atoms with Gasteiger partial charge in [-0.1, -0.05) is 11.6 Å². The van der Waals surface area contributed by atoms with Crippen LogP contribution in [0.15, 0.2) is 41.3 Å². The summed E-state index contributed by atoms with van der Waals surface area (Å²) in [5.41, 5.74) is 0.0560. The molecule has 2 aromatic rings. The molecule has 1 heterocycles. The monoisotopic (exact) mass is 400 g/mol. The number of nitrogens with one attached hydrogen (secondary N) is 1. The van der Waals surface area contributed by atoms with Crippen molar-refractivity contribution >= 4 is 33.2 Å². The minimum absolute atomic E-state index is 0.0185. The summed E-state index contributed by atoms with van der Waals surface area (Å²) in [5.74, 6) is -2.47. The average molecular weight is 401 g/mol. The van der Waals surface area contributed by atoms with Crippen molar-refractivity contribution in [2.45, 2.75) is 17.7 Å². The van der Waals surface area contributed by atoms with Crippen LogP contribution in [0.4, 0.5) is 14.5 Å². The Labute approximate surface area is 154 Å². The van der Waals surface area contributed by atoms with Gasteiger partial charge in [0.1, 0.15) is 16.5 Å². The van der Waals surface area contributed by atoms with E-state index in [1.54, 1.807) is 4.90 Å². The number of amides is 1. The molecule has 0 saturated carbocycles. The van der Waals surface area contributed by atoms with E-state index in [9.17, 15) is 22.0 Å². The first-order valence-electron chi connectivity index (χ1n) is 7.84. The number of benzene rings is 2. The fraction of sp³-hybridized carbons (Fsp3) is 0.235. The Kier molecular flexibility index (Phi) is 5.15. The predicted octanol–water partition coefficient (Wildman–Crippen LogP) is 3.66. The van der Waals surface area contributed by atoms with E-state index in [1.165, 1.54) is 18.2 Å². The van der Waals surface area contributed by atoms with Gasteiger partial charge in [-0.15, -0.1) is 0 Å². The second kappa shape index (κ2) is 7.20. The van der Waals surface area contributed by atoms with Crippen molar-refractivity contribution in [1.82, 2.24) is 4.90 Å². The Morgan fingerprint density at radius 1 is 1.08 bits per heavy atom. The van der Waals surface area contributed by atoms with Crippen molar-refractivity contribution in [1.29, 1.82) is 0 Å². The quantitative estimate of drug-likeness (QED) is 0.851. The Morgan fingerprint density at radius 2 is 1.77 bits per heavy atom. The molecule has 1 amide bonds. The van der Waals surface area contributed by atoms with Crippen molar-refractivity contribution in [3.05, 3.63) is 58.6 Å². The first kappa shape index (κ1) is 18.6.